The molecule has 2 nitrogen and oxygen atoms in total. The van der Waals surface area contributed by atoms with Gasteiger partial charge in [-0.2, -0.15) is 0 Å². The fraction of sp³-hybridized carbons (Fsp3) is 0.300. The Bertz CT molecular complexity index is 771. The zero-order valence-electron chi connectivity index (χ0n) is 13.0. The van der Waals surface area contributed by atoms with Gasteiger partial charge in [0.05, 0.1) is 7.11 Å². The van der Waals surface area contributed by atoms with Crippen LogP contribution in [0.2, 0.25) is 0 Å². The zero-order chi connectivity index (χ0) is 15.3. The minimum Gasteiger partial charge on any atom is -0.497 e. The average Bonchev–Trinajstić information content (AvgIpc) is 3.36. The molecule has 0 bridgehead atoms. The van der Waals surface area contributed by atoms with Crippen molar-refractivity contribution in [1.82, 2.24) is 0 Å². The first kappa shape index (κ1) is 13.6. The number of methoxy groups -OCH3 is 1. The highest BCUT2D eigenvalue weighted by Gasteiger charge is 2.49. The molecule has 0 saturated heterocycles. The number of hydrogen-bond donors (Lipinski definition) is 1. The molecule has 0 aromatic heterocycles. The Morgan fingerprint density at radius 1 is 1.09 bits per heavy atom. The Labute approximate surface area is 131 Å². The second-order valence-electron chi connectivity index (χ2n) is 6.37. The van der Waals surface area contributed by atoms with Gasteiger partial charge in [-0.1, -0.05) is 36.4 Å². The third-order valence-electron chi connectivity index (χ3n) is 4.97. The van der Waals surface area contributed by atoms with Crippen LogP contribution in [0.3, 0.4) is 0 Å². The minimum absolute atomic E-state index is 0.305. The summed E-state index contributed by atoms with van der Waals surface area (Å²) < 4.78 is 5.35. The summed E-state index contributed by atoms with van der Waals surface area (Å²) in [6.07, 6.45) is 6.36. The van der Waals surface area contributed by atoms with Crippen molar-refractivity contribution in [2.75, 3.05) is 7.11 Å². The number of rotatable bonds is 2. The maximum absolute atomic E-state index is 11.8. The van der Waals surface area contributed by atoms with E-state index in [0.717, 1.165) is 46.4 Å². The van der Waals surface area contributed by atoms with Gasteiger partial charge in [-0.25, -0.2) is 0 Å². The van der Waals surface area contributed by atoms with E-state index in [9.17, 15) is 5.11 Å². The molecule has 1 fully saturated rings. The molecule has 2 heteroatoms. The Morgan fingerprint density at radius 2 is 1.86 bits per heavy atom. The third-order valence-corrected chi connectivity index (χ3v) is 4.97. The van der Waals surface area contributed by atoms with Gasteiger partial charge < -0.3 is 9.84 Å². The standard InChI is InChI=1S/C20H20O2/c1-13-4-3-5-14-6-7-15-12-17(22-2)10-11-18(15)20(21,19(13)14)16-8-9-16/h3-7,10-12,16,21H,8-9H2,1-2H3. The molecule has 2 aliphatic carbocycles. The van der Waals surface area contributed by atoms with Crippen LogP contribution in [0.1, 0.15) is 40.7 Å². The summed E-state index contributed by atoms with van der Waals surface area (Å²) in [5, 5.41) is 11.8. The Hall–Kier alpha value is -2.06. The van der Waals surface area contributed by atoms with E-state index in [1.807, 2.05) is 18.2 Å². The van der Waals surface area contributed by atoms with Crippen LogP contribution in [-0.2, 0) is 5.60 Å². The second-order valence-corrected chi connectivity index (χ2v) is 6.37. The van der Waals surface area contributed by atoms with E-state index in [1.54, 1.807) is 7.11 Å². The van der Waals surface area contributed by atoms with Gasteiger partial charge in [-0.05, 0) is 65.6 Å². The summed E-state index contributed by atoms with van der Waals surface area (Å²) in [5.41, 5.74) is 4.48. The number of ether oxygens (including phenoxy) is 1. The second kappa shape index (κ2) is 4.72. The van der Waals surface area contributed by atoms with Crippen LogP contribution < -0.4 is 4.74 Å². The summed E-state index contributed by atoms with van der Waals surface area (Å²) in [6, 6.07) is 12.2. The van der Waals surface area contributed by atoms with Crippen LogP contribution in [-0.4, -0.2) is 12.2 Å². The Kier molecular flexibility index (Phi) is 2.92. The number of fused-ring (bicyclic) bond motifs is 2. The van der Waals surface area contributed by atoms with Gasteiger partial charge >= 0.3 is 0 Å². The van der Waals surface area contributed by atoms with Crippen molar-refractivity contribution >= 4 is 12.2 Å². The first-order chi connectivity index (χ1) is 10.6. The molecule has 0 spiro atoms. The molecule has 0 aliphatic heterocycles. The Morgan fingerprint density at radius 3 is 2.59 bits per heavy atom. The molecule has 2 aromatic carbocycles. The molecule has 112 valence electrons. The van der Waals surface area contributed by atoms with Crippen molar-refractivity contribution in [3.63, 3.8) is 0 Å². The van der Waals surface area contributed by atoms with Gasteiger partial charge in [-0.15, -0.1) is 0 Å². The van der Waals surface area contributed by atoms with Crippen molar-refractivity contribution in [3.05, 3.63) is 64.2 Å². The summed E-state index contributed by atoms with van der Waals surface area (Å²) in [4.78, 5) is 0. The van der Waals surface area contributed by atoms with E-state index in [0.29, 0.717) is 5.92 Å². The summed E-state index contributed by atoms with van der Waals surface area (Å²) in [7, 11) is 1.67. The van der Waals surface area contributed by atoms with E-state index in [2.05, 4.69) is 37.3 Å². The summed E-state index contributed by atoms with van der Waals surface area (Å²) >= 11 is 0. The molecule has 2 aromatic rings. The topological polar surface area (TPSA) is 29.5 Å². The molecule has 0 heterocycles. The molecular weight excluding hydrogens is 272 g/mol. The molecule has 2 aliphatic rings. The monoisotopic (exact) mass is 292 g/mol. The minimum atomic E-state index is -0.897. The lowest BCUT2D eigenvalue weighted by Crippen LogP contribution is -2.32. The van der Waals surface area contributed by atoms with Crippen molar-refractivity contribution < 1.29 is 9.84 Å². The maximum Gasteiger partial charge on any atom is 0.119 e. The summed E-state index contributed by atoms with van der Waals surface area (Å²) in [6.45, 7) is 2.09. The van der Waals surface area contributed by atoms with E-state index in [-0.39, 0.29) is 0 Å². The highest BCUT2D eigenvalue weighted by atomic mass is 16.5. The highest BCUT2D eigenvalue weighted by Crippen LogP contribution is 2.53. The van der Waals surface area contributed by atoms with Gasteiger partial charge in [0, 0.05) is 0 Å². The molecule has 4 rings (SSSR count). The van der Waals surface area contributed by atoms with Gasteiger partial charge in [0.25, 0.3) is 0 Å². The predicted octanol–water partition coefficient (Wildman–Crippen LogP) is 4.13. The largest absolute Gasteiger partial charge is 0.497 e. The first-order valence-electron chi connectivity index (χ1n) is 7.83. The molecule has 1 N–H and O–H groups in total. The average molecular weight is 292 g/mol. The van der Waals surface area contributed by atoms with E-state index in [4.69, 9.17) is 4.74 Å². The van der Waals surface area contributed by atoms with Crippen molar-refractivity contribution in [2.45, 2.75) is 25.4 Å². The lowest BCUT2D eigenvalue weighted by Gasteiger charge is -2.32. The molecule has 1 unspecified atom stereocenters. The SMILES string of the molecule is COc1ccc2c(c1)C=Cc1cccc(C)c1C2(O)C1CC1. The summed E-state index contributed by atoms with van der Waals surface area (Å²) in [5.74, 6) is 1.13. The number of aryl methyl sites for hydroxylation is 1. The quantitative estimate of drug-likeness (QED) is 0.901. The molecule has 0 amide bonds. The van der Waals surface area contributed by atoms with E-state index < -0.39 is 5.60 Å². The van der Waals surface area contributed by atoms with Crippen LogP contribution >= 0.6 is 0 Å². The zero-order valence-corrected chi connectivity index (χ0v) is 13.0. The molecule has 22 heavy (non-hydrogen) atoms. The number of hydrogen-bond acceptors (Lipinski definition) is 2. The van der Waals surface area contributed by atoms with Crippen LogP contribution in [0.25, 0.3) is 12.2 Å². The van der Waals surface area contributed by atoms with Crippen LogP contribution in [0.5, 0.6) is 5.75 Å². The van der Waals surface area contributed by atoms with Crippen molar-refractivity contribution in [3.8, 4) is 5.75 Å². The molecule has 1 atom stereocenters. The van der Waals surface area contributed by atoms with Crippen molar-refractivity contribution in [1.29, 1.82) is 0 Å². The molecular formula is C20H20O2. The van der Waals surface area contributed by atoms with Crippen molar-refractivity contribution in [2.24, 2.45) is 5.92 Å². The fourth-order valence-corrected chi connectivity index (χ4v) is 3.74. The maximum atomic E-state index is 11.8. The molecule has 0 radical (unpaired) electrons. The van der Waals surface area contributed by atoms with Gasteiger partial charge in [0.15, 0.2) is 0 Å². The fourth-order valence-electron chi connectivity index (χ4n) is 3.74. The van der Waals surface area contributed by atoms with Crippen LogP contribution in [0, 0.1) is 12.8 Å². The van der Waals surface area contributed by atoms with Crippen LogP contribution in [0.15, 0.2) is 36.4 Å². The molecule has 1 saturated carbocycles. The predicted molar refractivity (Wildman–Crippen MR) is 88.8 cm³/mol. The van der Waals surface area contributed by atoms with E-state index in [1.165, 1.54) is 0 Å². The van der Waals surface area contributed by atoms with E-state index >= 15 is 0 Å². The lowest BCUT2D eigenvalue weighted by molar-refractivity contribution is 0.0556. The normalized spacial score (nSPS) is 22.7. The number of aliphatic hydroxyl groups is 1. The Balaban J connectivity index is 2.03. The third kappa shape index (κ3) is 1.84. The number of benzene rings is 2. The van der Waals surface area contributed by atoms with Gasteiger partial charge in [0.2, 0.25) is 0 Å². The van der Waals surface area contributed by atoms with Gasteiger partial charge in [-0.3, -0.25) is 0 Å². The van der Waals surface area contributed by atoms with Gasteiger partial charge in [0.1, 0.15) is 11.4 Å². The van der Waals surface area contributed by atoms with Crippen LogP contribution in [0.4, 0.5) is 0 Å². The lowest BCUT2D eigenvalue weighted by atomic mass is 9.77. The highest BCUT2D eigenvalue weighted by molar-refractivity contribution is 5.78. The first-order valence-corrected chi connectivity index (χ1v) is 7.83. The smallest absolute Gasteiger partial charge is 0.119 e.